The summed E-state index contributed by atoms with van der Waals surface area (Å²) in [6.45, 7) is 3.55. The zero-order chi connectivity index (χ0) is 27.9. The predicted octanol–water partition coefficient (Wildman–Crippen LogP) is 7.02. The van der Waals surface area contributed by atoms with Crippen molar-refractivity contribution in [1.82, 2.24) is 4.31 Å². The van der Waals surface area contributed by atoms with Gasteiger partial charge in [-0.05, 0) is 58.3 Å². The number of methoxy groups -OCH3 is 1. The molecule has 38 heavy (non-hydrogen) atoms. The van der Waals surface area contributed by atoms with E-state index in [0.717, 1.165) is 0 Å². The van der Waals surface area contributed by atoms with Crippen LogP contribution in [0.4, 0.5) is 9.05 Å². The first-order valence-electron chi connectivity index (χ1n) is 11.4. The van der Waals surface area contributed by atoms with Crippen molar-refractivity contribution in [3.63, 3.8) is 0 Å². The van der Waals surface area contributed by atoms with Crippen LogP contribution in [-0.2, 0) is 43.3 Å². The zero-order valence-electron chi connectivity index (χ0n) is 20.8. The minimum absolute atomic E-state index is 0.00462. The Hall–Kier alpha value is -2.53. The molecule has 0 aliphatic carbocycles. The second kappa shape index (κ2) is 13.0. The molecule has 0 aliphatic heterocycles. The Balaban J connectivity index is 2.03. The molecule has 0 N–H and O–H groups in total. The van der Waals surface area contributed by atoms with E-state index >= 15 is 0 Å². The molecule has 0 radical (unpaired) electrons. The highest BCUT2D eigenvalue weighted by atomic mass is 35.5. The molecule has 8 nitrogen and oxygen atoms in total. The molecule has 0 amide bonds. The molecule has 0 fully saturated rings. The van der Waals surface area contributed by atoms with Crippen molar-refractivity contribution < 1.29 is 41.0 Å². The summed E-state index contributed by atoms with van der Waals surface area (Å²) >= 11 is 6.27. The lowest BCUT2D eigenvalue weighted by Crippen LogP contribution is -2.31. The van der Waals surface area contributed by atoms with Gasteiger partial charge in [0.25, 0.3) is 0 Å². The van der Waals surface area contributed by atoms with Gasteiger partial charge in [-0.2, -0.15) is 4.31 Å². The number of nitrogens with zero attached hydrogens (tertiary/aromatic N) is 1. The van der Waals surface area contributed by atoms with Crippen LogP contribution in [-0.4, -0.2) is 25.9 Å². The third-order valence-corrected chi connectivity index (χ3v) is 8.75. The SMILES string of the molecule is COc1ccccc1S(=O)(=O)N(Cc1ccc(CP(=O)(OF)OF)c(Cl)c1)Cc1ccccc1OC(C)C. The molecule has 3 aromatic rings. The number of benzene rings is 3. The van der Waals surface area contributed by atoms with Gasteiger partial charge in [-0.1, -0.05) is 54.1 Å². The Morgan fingerprint density at radius 2 is 1.55 bits per heavy atom. The Kier molecular flexibility index (Phi) is 10.3. The molecule has 0 aromatic heterocycles. The number of sulfonamides is 1. The van der Waals surface area contributed by atoms with Crippen LogP contribution in [0.15, 0.2) is 71.6 Å². The van der Waals surface area contributed by atoms with Crippen LogP contribution >= 0.6 is 19.2 Å². The molecular formula is C25H27ClF2NO7PS. The molecule has 0 atom stereocenters. The van der Waals surface area contributed by atoms with Crippen LogP contribution < -0.4 is 9.47 Å². The van der Waals surface area contributed by atoms with Gasteiger partial charge >= 0.3 is 7.60 Å². The van der Waals surface area contributed by atoms with Crippen molar-refractivity contribution in [2.75, 3.05) is 7.11 Å². The van der Waals surface area contributed by atoms with Crippen molar-refractivity contribution in [2.24, 2.45) is 0 Å². The van der Waals surface area contributed by atoms with Crippen LogP contribution in [0.25, 0.3) is 0 Å². The van der Waals surface area contributed by atoms with E-state index in [-0.39, 0.29) is 40.4 Å². The standard InChI is InChI=1S/C25H27ClF2NO7PS/c1-18(2)34-23-9-5-4-8-20(23)16-29(38(31,32)25-11-7-6-10-24(25)33-3)15-19-12-13-21(22(26)14-19)17-37(30,35-27)36-28/h4-14,18H,15-17H2,1-3H3. The van der Waals surface area contributed by atoms with Gasteiger partial charge in [0, 0.05) is 23.7 Å². The van der Waals surface area contributed by atoms with Crippen LogP contribution in [0.5, 0.6) is 11.5 Å². The molecule has 0 heterocycles. The smallest absolute Gasteiger partial charge is 0.399 e. The lowest BCUT2D eigenvalue weighted by molar-refractivity contribution is -0.0881. The Bertz CT molecular complexity index is 1400. The molecule has 0 bridgehead atoms. The van der Waals surface area contributed by atoms with E-state index < -0.39 is 23.8 Å². The monoisotopic (exact) mass is 589 g/mol. The molecule has 13 heteroatoms. The van der Waals surface area contributed by atoms with Crippen LogP contribution in [0, 0.1) is 0 Å². The summed E-state index contributed by atoms with van der Waals surface area (Å²) in [5, 5.41) is -0.00462. The Labute approximate surface area is 225 Å². The molecule has 3 aromatic carbocycles. The average molecular weight is 590 g/mol. The first-order valence-corrected chi connectivity index (χ1v) is 14.9. The van der Waals surface area contributed by atoms with Gasteiger partial charge in [-0.25, -0.2) is 8.42 Å². The fourth-order valence-corrected chi connectivity index (χ4v) is 6.42. The van der Waals surface area contributed by atoms with Crippen molar-refractivity contribution in [3.8, 4) is 11.5 Å². The highest BCUT2D eigenvalue weighted by Crippen LogP contribution is 2.53. The van der Waals surface area contributed by atoms with Crippen LogP contribution in [0.1, 0.15) is 30.5 Å². The topological polar surface area (TPSA) is 91.4 Å². The Morgan fingerprint density at radius 1 is 0.921 bits per heavy atom. The Morgan fingerprint density at radius 3 is 2.16 bits per heavy atom. The van der Waals surface area contributed by atoms with Gasteiger partial charge in [0.15, 0.2) is 0 Å². The summed E-state index contributed by atoms with van der Waals surface area (Å²) in [4.78, 5) is -0.0337. The van der Waals surface area contributed by atoms with Crippen LogP contribution in [0.3, 0.4) is 0 Å². The van der Waals surface area contributed by atoms with E-state index in [1.54, 1.807) is 42.5 Å². The number of hydrogen-bond donors (Lipinski definition) is 0. The lowest BCUT2D eigenvalue weighted by atomic mass is 10.1. The molecule has 0 aliphatic rings. The molecule has 0 spiro atoms. The number of halogens is 3. The van der Waals surface area contributed by atoms with Gasteiger partial charge in [0.2, 0.25) is 10.0 Å². The maximum Gasteiger partial charge on any atom is 0.399 e. The molecule has 206 valence electrons. The fraction of sp³-hybridized carbons (Fsp3) is 0.280. The predicted molar refractivity (Wildman–Crippen MR) is 139 cm³/mol. The van der Waals surface area contributed by atoms with E-state index in [0.29, 0.717) is 16.9 Å². The van der Waals surface area contributed by atoms with Crippen LogP contribution in [0.2, 0.25) is 5.02 Å². The molecule has 0 saturated carbocycles. The van der Waals surface area contributed by atoms with Gasteiger partial charge in [-0.15, -0.1) is 9.46 Å². The second-order valence-electron chi connectivity index (χ2n) is 8.53. The van der Waals surface area contributed by atoms with Gasteiger partial charge in [0.05, 0.1) is 19.4 Å². The summed E-state index contributed by atoms with van der Waals surface area (Å²) in [5.41, 5.74) is 1.17. The minimum Gasteiger partial charge on any atom is -0.495 e. The van der Waals surface area contributed by atoms with E-state index in [9.17, 15) is 22.0 Å². The first-order chi connectivity index (χ1) is 18.0. The summed E-state index contributed by atoms with van der Waals surface area (Å²) < 4.78 is 83.4. The summed E-state index contributed by atoms with van der Waals surface area (Å²) in [6.07, 6.45) is -0.901. The van der Waals surface area contributed by atoms with E-state index in [1.807, 2.05) is 13.8 Å². The molecular weight excluding hydrogens is 563 g/mol. The number of para-hydroxylation sites is 2. The van der Waals surface area contributed by atoms with Gasteiger partial charge in [-0.3, -0.25) is 4.57 Å². The minimum atomic E-state index is -4.66. The lowest BCUT2D eigenvalue weighted by Gasteiger charge is -2.25. The largest absolute Gasteiger partial charge is 0.495 e. The summed E-state index contributed by atoms with van der Waals surface area (Å²) in [5.74, 6) is 0.704. The maximum atomic E-state index is 13.9. The molecule has 0 unspecified atom stereocenters. The fourth-order valence-electron chi connectivity index (χ4n) is 3.68. The van der Waals surface area contributed by atoms with E-state index in [1.165, 1.54) is 35.7 Å². The number of hydrogen-bond acceptors (Lipinski definition) is 7. The van der Waals surface area contributed by atoms with Gasteiger partial charge in [0.1, 0.15) is 16.4 Å². The summed E-state index contributed by atoms with van der Waals surface area (Å²) in [6, 6.07) is 17.6. The highest BCUT2D eigenvalue weighted by molar-refractivity contribution is 7.89. The third-order valence-electron chi connectivity index (χ3n) is 5.42. The highest BCUT2D eigenvalue weighted by Gasteiger charge is 2.31. The third kappa shape index (κ3) is 7.31. The molecule has 3 rings (SSSR count). The first kappa shape index (κ1) is 30.0. The van der Waals surface area contributed by atoms with Crippen molar-refractivity contribution >= 4 is 29.2 Å². The van der Waals surface area contributed by atoms with Gasteiger partial charge < -0.3 is 9.47 Å². The second-order valence-corrected chi connectivity index (χ2v) is 12.7. The number of rotatable bonds is 13. The van der Waals surface area contributed by atoms with Crippen molar-refractivity contribution in [1.29, 1.82) is 0 Å². The molecule has 0 saturated heterocycles. The van der Waals surface area contributed by atoms with E-state index in [2.05, 4.69) is 9.46 Å². The zero-order valence-corrected chi connectivity index (χ0v) is 23.3. The number of ether oxygens (including phenoxy) is 2. The van der Waals surface area contributed by atoms with Crippen molar-refractivity contribution in [3.05, 3.63) is 88.4 Å². The van der Waals surface area contributed by atoms with Crippen molar-refractivity contribution in [2.45, 2.75) is 44.1 Å². The normalized spacial score (nSPS) is 12.2. The van der Waals surface area contributed by atoms with E-state index in [4.69, 9.17) is 21.1 Å². The summed E-state index contributed by atoms with van der Waals surface area (Å²) in [7, 11) is -7.40. The maximum absolute atomic E-state index is 13.9. The quantitative estimate of drug-likeness (QED) is 0.198. The average Bonchev–Trinajstić information content (AvgIpc) is 2.90.